The number of fused-ring (bicyclic) bond motifs is 3. The molecule has 0 saturated heterocycles. The average molecular weight is 504 g/mol. The molecule has 0 unspecified atom stereocenters. The van der Waals surface area contributed by atoms with E-state index >= 15 is 0 Å². The number of rotatable bonds is 6. The molecule has 2 heterocycles. The van der Waals surface area contributed by atoms with Gasteiger partial charge in [0.15, 0.2) is 28.8 Å². The molecule has 1 N–H and O–H groups in total. The van der Waals surface area contributed by atoms with E-state index < -0.39 is 11.9 Å². The Morgan fingerprint density at radius 1 is 0.838 bits per heavy atom. The number of methoxy groups -OCH3 is 4. The second-order valence-electron chi connectivity index (χ2n) is 8.41. The largest absolute Gasteiger partial charge is 0.504 e. The van der Waals surface area contributed by atoms with Crippen LogP contribution < -0.4 is 28.4 Å². The molecule has 37 heavy (non-hydrogen) atoms. The quantitative estimate of drug-likeness (QED) is 0.295. The van der Waals surface area contributed by atoms with E-state index in [0.717, 1.165) is 0 Å². The summed E-state index contributed by atoms with van der Waals surface area (Å²) in [5.74, 6) is 1.12. The maximum absolute atomic E-state index is 13.4. The number of hydrogen-bond acceptors (Lipinski definition) is 9. The van der Waals surface area contributed by atoms with E-state index in [1.54, 1.807) is 42.5 Å². The van der Waals surface area contributed by atoms with Crippen LogP contribution in [-0.4, -0.2) is 45.3 Å². The summed E-state index contributed by atoms with van der Waals surface area (Å²) in [5, 5.41) is 10.0. The zero-order valence-corrected chi connectivity index (χ0v) is 20.6. The van der Waals surface area contributed by atoms with Gasteiger partial charge in [-0.05, 0) is 42.0 Å². The van der Waals surface area contributed by atoms with Gasteiger partial charge in [-0.2, -0.15) is 0 Å². The lowest BCUT2D eigenvalue weighted by molar-refractivity contribution is -0.135. The van der Waals surface area contributed by atoms with Crippen LogP contribution >= 0.6 is 0 Å². The number of aromatic hydroxyl groups is 1. The monoisotopic (exact) mass is 504 g/mol. The van der Waals surface area contributed by atoms with Crippen LogP contribution in [0.3, 0.4) is 0 Å². The topological polar surface area (TPSA) is 110 Å². The highest BCUT2D eigenvalue weighted by Gasteiger charge is 2.39. The van der Waals surface area contributed by atoms with E-state index in [-0.39, 0.29) is 29.5 Å². The first kappa shape index (κ1) is 24.1. The number of benzene rings is 3. The second-order valence-corrected chi connectivity index (χ2v) is 8.41. The van der Waals surface area contributed by atoms with Gasteiger partial charge in [0, 0.05) is 23.1 Å². The first-order chi connectivity index (χ1) is 17.9. The summed E-state index contributed by atoms with van der Waals surface area (Å²) in [6, 6.07) is 11.4. The Kier molecular flexibility index (Phi) is 6.12. The van der Waals surface area contributed by atoms with Crippen LogP contribution in [-0.2, 0) is 4.79 Å². The Hall–Kier alpha value is -4.66. The molecular formula is C28H24O9. The lowest BCUT2D eigenvalue weighted by Crippen LogP contribution is -2.21. The van der Waals surface area contributed by atoms with Gasteiger partial charge < -0.3 is 33.5 Å². The van der Waals surface area contributed by atoms with Gasteiger partial charge in [-0.1, -0.05) is 6.07 Å². The molecule has 0 aromatic heterocycles. The number of ether oxygens (including phenoxy) is 6. The van der Waals surface area contributed by atoms with Crippen molar-refractivity contribution in [2.45, 2.75) is 12.3 Å². The first-order valence-electron chi connectivity index (χ1n) is 11.4. The van der Waals surface area contributed by atoms with Crippen molar-refractivity contribution < 1.29 is 43.1 Å². The van der Waals surface area contributed by atoms with Gasteiger partial charge in [0.1, 0.15) is 17.2 Å². The fourth-order valence-electron chi connectivity index (χ4n) is 4.61. The van der Waals surface area contributed by atoms with Gasteiger partial charge in [0.2, 0.25) is 5.78 Å². The van der Waals surface area contributed by atoms with Crippen molar-refractivity contribution in [3.63, 3.8) is 0 Å². The lowest BCUT2D eigenvalue weighted by atomic mass is 9.84. The summed E-state index contributed by atoms with van der Waals surface area (Å²) in [4.78, 5) is 25.8. The molecule has 0 amide bonds. The molecule has 3 aromatic rings. The number of carbonyl (C=O) groups excluding carboxylic acids is 2. The maximum Gasteiger partial charge on any atom is 0.312 e. The van der Waals surface area contributed by atoms with Crippen molar-refractivity contribution in [3.8, 4) is 40.2 Å². The van der Waals surface area contributed by atoms with Crippen LogP contribution in [0.2, 0.25) is 0 Å². The molecule has 0 bridgehead atoms. The third kappa shape index (κ3) is 4.08. The molecular weight excluding hydrogens is 480 g/mol. The summed E-state index contributed by atoms with van der Waals surface area (Å²) in [5.41, 5.74) is 2.17. The third-order valence-corrected chi connectivity index (χ3v) is 6.41. The van der Waals surface area contributed by atoms with Gasteiger partial charge in [0.05, 0.1) is 40.4 Å². The Labute approximate surface area is 212 Å². The molecule has 5 rings (SSSR count). The minimum absolute atomic E-state index is 0.0244. The Morgan fingerprint density at radius 3 is 2.24 bits per heavy atom. The minimum atomic E-state index is -0.483. The summed E-state index contributed by atoms with van der Waals surface area (Å²) >= 11 is 0. The standard InChI is InChI=1S/C28H24O9/c1-32-20-13-23(35-4)22(34-3)10-15(20)11-24-27(31)16-6-8-19-26(28(16)37-24)17(12-25(30)36-19)14-5-7-18(29)21(9-14)33-2/h5-11,13,17,29H,12H2,1-4H3/b24-11+/t17-/m0/s1. The number of phenols is 1. The van der Waals surface area contributed by atoms with E-state index in [0.29, 0.717) is 51.0 Å². The van der Waals surface area contributed by atoms with E-state index in [2.05, 4.69) is 0 Å². The first-order valence-corrected chi connectivity index (χ1v) is 11.4. The predicted molar refractivity (Wildman–Crippen MR) is 132 cm³/mol. The van der Waals surface area contributed by atoms with Crippen molar-refractivity contribution in [1.29, 1.82) is 0 Å². The van der Waals surface area contributed by atoms with Crippen LogP contribution in [0.15, 0.2) is 48.2 Å². The van der Waals surface area contributed by atoms with Crippen LogP contribution in [0.4, 0.5) is 0 Å². The molecule has 9 heteroatoms. The van der Waals surface area contributed by atoms with E-state index in [9.17, 15) is 14.7 Å². The predicted octanol–water partition coefficient (Wildman–Crippen LogP) is 4.48. The zero-order chi connectivity index (χ0) is 26.3. The Morgan fingerprint density at radius 2 is 1.54 bits per heavy atom. The van der Waals surface area contributed by atoms with Gasteiger partial charge in [-0.15, -0.1) is 0 Å². The highest BCUT2D eigenvalue weighted by molar-refractivity contribution is 6.15. The average Bonchev–Trinajstić information content (AvgIpc) is 3.22. The SMILES string of the molecule is COc1cc([C@@H]2CC(=O)Oc3ccc4c(c32)O/C(=C/c2cc(OC)c(OC)cc2OC)C4=O)ccc1O. The number of allylic oxidation sites excluding steroid dienone is 1. The van der Waals surface area contributed by atoms with Crippen LogP contribution in [0.25, 0.3) is 6.08 Å². The fraction of sp³-hybridized carbons (Fsp3) is 0.214. The van der Waals surface area contributed by atoms with Gasteiger partial charge in [-0.3, -0.25) is 9.59 Å². The molecule has 1 atom stereocenters. The number of hydrogen-bond donors (Lipinski definition) is 1. The molecule has 0 fully saturated rings. The van der Waals surface area contributed by atoms with E-state index in [4.69, 9.17) is 28.4 Å². The van der Waals surface area contributed by atoms with Crippen molar-refractivity contribution in [2.75, 3.05) is 28.4 Å². The fourth-order valence-corrected chi connectivity index (χ4v) is 4.61. The van der Waals surface area contributed by atoms with Gasteiger partial charge in [0.25, 0.3) is 0 Å². The van der Waals surface area contributed by atoms with Crippen LogP contribution in [0, 0.1) is 0 Å². The van der Waals surface area contributed by atoms with Crippen molar-refractivity contribution in [2.24, 2.45) is 0 Å². The Bertz CT molecular complexity index is 1450. The Balaban J connectivity index is 1.61. The molecule has 0 aliphatic carbocycles. The van der Waals surface area contributed by atoms with Gasteiger partial charge >= 0.3 is 5.97 Å². The second kappa shape index (κ2) is 9.42. The van der Waals surface area contributed by atoms with Gasteiger partial charge in [-0.25, -0.2) is 0 Å². The number of esters is 1. The highest BCUT2D eigenvalue weighted by Crippen LogP contribution is 2.50. The minimum Gasteiger partial charge on any atom is -0.504 e. The molecule has 9 nitrogen and oxygen atoms in total. The summed E-state index contributed by atoms with van der Waals surface area (Å²) < 4.78 is 33.1. The van der Waals surface area contributed by atoms with E-state index in [1.165, 1.54) is 34.5 Å². The number of carbonyl (C=O) groups is 2. The summed E-state index contributed by atoms with van der Waals surface area (Å²) in [7, 11) is 5.99. The summed E-state index contributed by atoms with van der Waals surface area (Å²) in [6.45, 7) is 0. The lowest BCUT2D eigenvalue weighted by Gasteiger charge is -2.26. The molecule has 2 aliphatic heterocycles. The third-order valence-electron chi connectivity index (χ3n) is 6.41. The molecule has 3 aromatic carbocycles. The van der Waals surface area contributed by atoms with E-state index in [1.807, 2.05) is 0 Å². The van der Waals surface area contributed by atoms with Crippen molar-refractivity contribution in [1.82, 2.24) is 0 Å². The maximum atomic E-state index is 13.4. The number of Topliss-reactive ketones (excluding diaryl/α,β-unsaturated/α-hetero) is 1. The molecule has 190 valence electrons. The molecule has 0 spiro atoms. The smallest absolute Gasteiger partial charge is 0.312 e. The zero-order valence-electron chi connectivity index (χ0n) is 20.6. The molecule has 2 aliphatic rings. The summed E-state index contributed by atoms with van der Waals surface area (Å²) in [6.07, 6.45) is 1.60. The van der Waals surface area contributed by atoms with Crippen molar-refractivity contribution >= 4 is 17.8 Å². The normalized spacial score (nSPS) is 17.0. The van der Waals surface area contributed by atoms with Crippen molar-refractivity contribution in [3.05, 3.63) is 70.5 Å². The van der Waals surface area contributed by atoms with Crippen LogP contribution in [0.1, 0.15) is 39.4 Å². The number of phenolic OH excluding ortho intramolecular Hbond substituents is 1. The highest BCUT2D eigenvalue weighted by atomic mass is 16.5. The molecule has 0 saturated carbocycles. The number of ketones is 1. The van der Waals surface area contributed by atoms with Crippen LogP contribution in [0.5, 0.6) is 40.2 Å². The molecule has 0 radical (unpaired) electrons.